The van der Waals surface area contributed by atoms with Gasteiger partial charge in [0, 0.05) is 69.5 Å². The molecule has 1 unspecified atom stereocenters. The molecule has 4 aromatic rings. The van der Waals surface area contributed by atoms with E-state index in [0.717, 1.165) is 62.2 Å². The quantitative estimate of drug-likeness (QED) is 0.277. The zero-order valence-corrected chi connectivity index (χ0v) is 29.3. The van der Waals surface area contributed by atoms with Gasteiger partial charge in [-0.1, -0.05) is 49.2 Å². The van der Waals surface area contributed by atoms with Crippen molar-refractivity contribution in [3.05, 3.63) is 105 Å². The van der Waals surface area contributed by atoms with Gasteiger partial charge >= 0.3 is 5.69 Å². The van der Waals surface area contributed by atoms with Crippen molar-refractivity contribution in [3.63, 3.8) is 0 Å². The summed E-state index contributed by atoms with van der Waals surface area (Å²) in [6, 6.07) is 17.1. The summed E-state index contributed by atoms with van der Waals surface area (Å²) < 4.78 is 17.2. The topological polar surface area (TPSA) is 117 Å². The van der Waals surface area contributed by atoms with Crippen LogP contribution in [0.25, 0.3) is 27.8 Å². The minimum atomic E-state index is -0.646. The first-order valence-electron chi connectivity index (χ1n) is 18.6. The van der Waals surface area contributed by atoms with E-state index in [1.165, 1.54) is 40.4 Å². The number of carbonyl (C=O) groups excluding carboxylic acids is 1. The molecule has 270 valence electrons. The third-order valence-corrected chi connectivity index (χ3v) is 11.3. The molecule has 0 spiro atoms. The lowest BCUT2D eigenvalue weighted by Crippen LogP contribution is -2.49. The molecule has 1 amide bonds. The van der Waals surface area contributed by atoms with E-state index >= 15 is 0 Å². The zero-order valence-electron chi connectivity index (χ0n) is 29.3. The van der Waals surface area contributed by atoms with E-state index in [2.05, 4.69) is 54.7 Å². The van der Waals surface area contributed by atoms with Gasteiger partial charge in [-0.25, -0.2) is 18.7 Å². The second-order valence-electron chi connectivity index (χ2n) is 14.6. The minimum Gasteiger partial charge on any atom is -0.374 e. The van der Waals surface area contributed by atoms with Crippen LogP contribution in [0.5, 0.6) is 0 Å². The van der Waals surface area contributed by atoms with Gasteiger partial charge in [0.15, 0.2) is 5.65 Å². The third-order valence-electron chi connectivity index (χ3n) is 11.3. The van der Waals surface area contributed by atoms with Gasteiger partial charge in [-0.3, -0.25) is 28.9 Å². The van der Waals surface area contributed by atoms with Crippen LogP contribution in [0.1, 0.15) is 63.0 Å². The van der Waals surface area contributed by atoms with Crippen molar-refractivity contribution in [2.24, 2.45) is 4.99 Å². The number of piperazine rings is 1. The first kappa shape index (κ1) is 34.2. The minimum absolute atomic E-state index is 0.0459. The number of fused-ring (bicyclic) bond motifs is 1. The molecule has 0 radical (unpaired) electrons. The summed E-state index contributed by atoms with van der Waals surface area (Å²) in [5.41, 5.74) is 2.77. The van der Waals surface area contributed by atoms with Gasteiger partial charge in [-0.15, -0.1) is 0 Å². The van der Waals surface area contributed by atoms with Crippen molar-refractivity contribution < 1.29 is 9.18 Å². The Labute approximate surface area is 301 Å². The number of benzene rings is 2. The number of hydrogen-bond donors (Lipinski definition) is 2. The van der Waals surface area contributed by atoms with Gasteiger partial charge in [0.2, 0.25) is 5.91 Å². The summed E-state index contributed by atoms with van der Waals surface area (Å²) in [4.78, 5) is 54.4. The molecule has 0 bridgehead atoms. The SMILES string of the molecule is O=C(N[C@H]1CC[C@@H](n2c(=O)c3cc(F)cnc3n(-c3cccc(-c4ccc(CN5CCN(C6CCCC6)CC5)cc4)c3)c2=O)CC1)C1C=NC=CN1. The van der Waals surface area contributed by atoms with Gasteiger partial charge in [-0.05, 0) is 73.4 Å². The molecule has 8 rings (SSSR count). The van der Waals surface area contributed by atoms with Crippen LogP contribution in [0.3, 0.4) is 0 Å². The van der Waals surface area contributed by atoms with Crippen molar-refractivity contribution in [2.45, 2.75) is 82.1 Å². The average molecular weight is 705 g/mol. The highest BCUT2D eigenvalue weighted by Crippen LogP contribution is 2.29. The average Bonchev–Trinajstić information content (AvgIpc) is 3.72. The molecule has 52 heavy (non-hydrogen) atoms. The Hall–Kier alpha value is -4.94. The predicted molar refractivity (Wildman–Crippen MR) is 200 cm³/mol. The number of hydrogen-bond acceptors (Lipinski definition) is 8. The fourth-order valence-corrected chi connectivity index (χ4v) is 8.46. The lowest BCUT2D eigenvalue weighted by molar-refractivity contribution is -0.122. The third kappa shape index (κ3) is 7.09. The number of nitrogens with zero attached hydrogens (tertiary/aromatic N) is 6. The summed E-state index contributed by atoms with van der Waals surface area (Å²) in [5.74, 6) is -0.822. The number of pyridine rings is 1. The fourth-order valence-electron chi connectivity index (χ4n) is 8.46. The Morgan fingerprint density at radius 1 is 0.885 bits per heavy atom. The number of aliphatic imine (C=N–C) groups is 1. The highest BCUT2D eigenvalue weighted by Gasteiger charge is 2.30. The van der Waals surface area contributed by atoms with Crippen LogP contribution in [0.2, 0.25) is 0 Å². The van der Waals surface area contributed by atoms with Crippen LogP contribution in [0.15, 0.2) is 87.8 Å². The van der Waals surface area contributed by atoms with Gasteiger partial charge < -0.3 is 10.6 Å². The van der Waals surface area contributed by atoms with E-state index in [1.807, 2.05) is 24.3 Å². The molecule has 4 aliphatic rings. The van der Waals surface area contributed by atoms with Crippen LogP contribution >= 0.6 is 0 Å². The van der Waals surface area contributed by atoms with Gasteiger partial charge in [-0.2, -0.15) is 0 Å². The molecule has 2 aliphatic carbocycles. The van der Waals surface area contributed by atoms with Gasteiger partial charge in [0.05, 0.1) is 17.3 Å². The standard InChI is InChI=1S/C40H45FN8O3/c41-30-23-35-37(44-24-30)48(40(52)49(39(35)51)33-14-12-31(13-15-33)45-38(50)36-25-42-16-17-43-36)34-7-3-4-29(22-34)28-10-8-27(9-11-28)26-46-18-20-47(21-19-46)32-5-1-2-6-32/h3-4,7-11,16-17,22-25,31-33,36,43H,1-2,5-6,12-15,18-21,26H2,(H,45,50)/t31-,33+,36?. The van der Waals surface area contributed by atoms with E-state index in [4.69, 9.17) is 0 Å². The molecule has 11 nitrogen and oxygen atoms in total. The second-order valence-corrected chi connectivity index (χ2v) is 14.6. The molecule has 1 saturated heterocycles. The van der Waals surface area contributed by atoms with Crippen molar-refractivity contribution in [3.8, 4) is 16.8 Å². The molecule has 2 aromatic carbocycles. The van der Waals surface area contributed by atoms with Crippen molar-refractivity contribution >= 4 is 23.2 Å². The number of amides is 1. The van der Waals surface area contributed by atoms with Crippen LogP contribution in [0.4, 0.5) is 4.39 Å². The maximum Gasteiger partial charge on any atom is 0.337 e. The number of carbonyl (C=O) groups is 1. The van der Waals surface area contributed by atoms with Gasteiger partial charge in [0.25, 0.3) is 5.56 Å². The van der Waals surface area contributed by atoms with Crippen molar-refractivity contribution in [1.82, 2.24) is 34.6 Å². The first-order valence-corrected chi connectivity index (χ1v) is 18.6. The molecule has 2 aliphatic heterocycles. The molecule has 2 saturated carbocycles. The summed E-state index contributed by atoms with van der Waals surface area (Å²) in [5, 5.41) is 6.08. The smallest absolute Gasteiger partial charge is 0.337 e. The molecule has 12 heteroatoms. The Morgan fingerprint density at radius 2 is 1.65 bits per heavy atom. The Bertz CT molecular complexity index is 2100. The second kappa shape index (κ2) is 15.0. The fraction of sp³-hybridized carbons (Fsp3) is 0.425. The van der Waals surface area contributed by atoms with Crippen LogP contribution < -0.4 is 21.9 Å². The van der Waals surface area contributed by atoms with Crippen molar-refractivity contribution in [1.29, 1.82) is 0 Å². The predicted octanol–water partition coefficient (Wildman–Crippen LogP) is 4.53. The maximum atomic E-state index is 14.5. The lowest BCUT2D eigenvalue weighted by Gasteiger charge is -2.38. The number of aromatic nitrogens is 3. The number of rotatable bonds is 8. The summed E-state index contributed by atoms with van der Waals surface area (Å²) in [6.45, 7) is 5.39. The van der Waals surface area contributed by atoms with E-state index < -0.39 is 29.1 Å². The van der Waals surface area contributed by atoms with E-state index in [9.17, 15) is 18.8 Å². The van der Waals surface area contributed by atoms with Crippen molar-refractivity contribution in [2.75, 3.05) is 26.2 Å². The number of nitrogens with one attached hydrogen (secondary N) is 2. The molecular formula is C40H45FN8O3. The lowest BCUT2D eigenvalue weighted by atomic mass is 9.90. The van der Waals surface area contributed by atoms with Crippen LogP contribution in [0, 0.1) is 5.82 Å². The molecule has 1 atom stereocenters. The summed E-state index contributed by atoms with van der Waals surface area (Å²) in [6.07, 6.45) is 13.4. The maximum absolute atomic E-state index is 14.5. The summed E-state index contributed by atoms with van der Waals surface area (Å²) >= 11 is 0. The molecular weight excluding hydrogens is 659 g/mol. The normalized spacial score (nSPS) is 22.8. The van der Waals surface area contributed by atoms with Crippen LogP contribution in [-0.4, -0.2) is 80.3 Å². The monoisotopic (exact) mass is 704 g/mol. The Balaban J connectivity index is 1.01. The van der Waals surface area contributed by atoms with Crippen LogP contribution in [-0.2, 0) is 11.3 Å². The largest absolute Gasteiger partial charge is 0.374 e. The zero-order chi connectivity index (χ0) is 35.6. The van der Waals surface area contributed by atoms with E-state index in [1.54, 1.807) is 18.6 Å². The molecule has 2 aromatic heterocycles. The molecule has 4 heterocycles. The highest BCUT2D eigenvalue weighted by atomic mass is 19.1. The first-order chi connectivity index (χ1) is 25.4. The molecule has 2 N–H and O–H groups in total. The summed E-state index contributed by atoms with van der Waals surface area (Å²) in [7, 11) is 0. The van der Waals surface area contributed by atoms with Gasteiger partial charge in [0.1, 0.15) is 11.9 Å². The molecule has 3 fully saturated rings. The van der Waals surface area contributed by atoms with E-state index in [0.29, 0.717) is 31.4 Å². The van der Waals surface area contributed by atoms with E-state index in [-0.39, 0.29) is 23.0 Å². The highest BCUT2D eigenvalue weighted by molar-refractivity contribution is 5.98. The Kier molecular flexibility index (Phi) is 9.83. The Morgan fingerprint density at radius 3 is 2.38 bits per heavy atom. The number of halogens is 1.